The SMILES string of the molecule is CC(C)c1c[nH]n2c(=O)cc(-c3cc(Cl)ccc3Cl)nc12. The van der Waals surface area contributed by atoms with Gasteiger partial charge in [-0.15, -0.1) is 0 Å². The van der Waals surface area contributed by atoms with Crippen LogP contribution in [0.4, 0.5) is 0 Å². The summed E-state index contributed by atoms with van der Waals surface area (Å²) < 4.78 is 1.43. The molecule has 0 fully saturated rings. The third-order valence-electron chi connectivity index (χ3n) is 3.35. The molecular weight excluding hydrogens is 309 g/mol. The monoisotopic (exact) mass is 321 g/mol. The van der Waals surface area contributed by atoms with E-state index in [1.165, 1.54) is 10.6 Å². The minimum Gasteiger partial charge on any atom is -0.297 e. The lowest BCUT2D eigenvalue weighted by Crippen LogP contribution is -2.14. The minimum absolute atomic E-state index is 0.182. The molecule has 2 heterocycles. The van der Waals surface area contributed by atoms with Crippen molar-refractivity contribution < 1.29 is 0 Å². The number of halogens is 2. The van der Waals surface area contributed by atoms with Crippen molar-refractivity contribution in [2.75, 3.05) is 0 Å². The number of H-pyrrole nitrogens is 1. The van der Waals surface area contributed by atoms with E-state index in [9.17, 15) is 4.79 Å². The number of nitrogens with one attached hydrogen (secondary N) is 1. The molecule has 0 unspecified atom stereocenters. The molecule has 1 N–H and O–H groups in total. The third kappa shape index (κ3) is 2.45. The lowest BCUT2D eigenvalue weighted by atomic mass is 10.1. The van der Waals surface area contributed by atoms with Crippen LogP contribution in [0.1, 0.15) is 25.3 Å². The summed E-state index contributed by atoms with van der Waals surface area (Å²) >= 11 is 12.2. The molecule has 0 bridgehead atoms. The van der Waals surface area contributed by atoms with Gasteiger partial charge < -0.3 is 0 Å². The number of hydrogen-bond acceptors (Lipinski definition) is 2. The second-order valence-corrected chi connectivity index (χ2v) is 5.99. The highest BCUT2D eigenvalue weighted by atomic mass is 35.5. The maximum absolute atomic E-state index is 12.2. The zero-order valence-corrected chi connectivity index (χ0v) is 13.0. The van der Waals surface area contributed by atoms with Crippen molar-refractivity contribution in [3.8, 4) is 11.3 Å². The van der Waals surface area contributed by atoms with Gasteiger partial charge in [-0.3, -0.25) is 9.89 Å². The van der Waals surface area contributed by atoms with Crippen molar-refractivity contribution in [2.24, 2.45) is 0 Å². The first-order chi connectivity index (χ1) is 9.97. The van der Waals surface area contributed by atoms with E-state index < -0.39 is 0 Å². The van der Waals surface area contributed by atoms with E-state index in [4.69, 9.17) is 23.2 Å². The minimum atomic E-state index is -0.182. The van der Waals surface area contributed by atoms with Gasteiger partial charge in [0.2, 0.25) is 0 Å². The smallest absolute Gasteiger partial charge is 0.273 e. The van der Waals surface area contributed by atoms with Crippen molar-refractivity contribution >= 4 is 28.8 Å². The number of rotatable bonds is 2. The molecule has 0 saturated heterocycles. The molecule has 0 aliphatic carbocycles. The maximum atomic E-state index is 12.2. The summed E-state index contributed by atoms with van der Waals surface area (Å²) in [6, 6.07) is 6.56. The van der Waals surface area contributed by atoms with Gasteiger partial charge in [-0.25, -0.2) is 9.50 Å². The van der Waals surface area contributed by atoms with Gasteiger partial charge in [-0.1, -0.05) is 37.0 Å². The van der Waals surface area contributed by atoms with Gasteiger partial charge in [0, 0.05) is 28.4 Å². The van der Waals surface area contributed by atoms with Crippen molar-refractivity contribution in [3.63, 3.8) is 0 Å². The molecule has 3 aromatic rings. The lowest BCUT2D eigenvalue weighted by molar-refractivity contribution is 0.870. The van der Waals surface area contributed by atoms with Crippen LogP contribution in [0.25, 0.3) is 16.9 Å². The van der Waals surface area contributed by atoms with Gasteiger partial charge in [0.1, 0.15) is 0 Å². The Balaban J connectivity index is 2.31. The first kappa shape index (κ1) is 14.2. The Morgan fingerprint density at radius 2 is 2.00 bits per heavy atom. The van der Waals surface area contributed by atoms with Crippen LogP contribution < -0.4 is 5.56 Å². The van der Waals surface area contributed by atoms with Gasteiger partial charge in [-0.05, 0) is 24.1 Å². The topological polar surface area (TPSA) is 50.2 Å². The van der Waals surface area contributed by atoms with Crippen LogP contribution in [0.2, 0.25) is 10.0 Å². The molecule has 0 aliphatic heterocycles. The molecule has 6 heteroatoms. The normalized spacial score (nSPS) is 11.5. The predicted octanol–water partition coefficient (Wildman–Crippen LogP) is 4.12. The van der Waals surface area contributed by atoms with Crippen LogP contribution >= 0.6 is 23.2 Å². The molecule has 0 spiro atoms. The van der Waals surface area contributed by atoms with Gasteiger partial charge >= 0.3 is 0 Å². The van der Waals surface area contributed by atoms with E-state index in [0.717, 1.165) is 5.56 Å². The number of fused-ring (bicyclic) bond motifs is 1. The van der Waals surface area contributed by atoms with E-state index in [1.54, 1.807) is 24.4 Å². The fraction of sp³-hybridized carbons (Fsp3) is 0.200. The number of benzene rings is 1. The summed E-state index contributed by atoms with van der Waals surface area (Å²) in [4.78, 5) is 16.8. The second kappa shape index (κ2) is 5.20. The summed E-state index contributed by atoms with van der Waals surface area (Å²) in [5.41, 5.74) is 2.59. The lowest BCUT2D eigenvalue weighted by Gasteiger charge is -2.06. The second-order valence-electron chi connectivity index (χ2n) is 5.15. The first-order valence-corrected chi connectivity index (χ1v) is 7.29. The Bertz CT molecular complexity index is 880. The van der Waals surface area contributed by atoms with Crippen molar-refractivity contribution in [2.45, 2.75) is 19.8 Å². The summed E-state index contributed by atoms with van der Waals surface area (Å²) in [6.45, 7) is 4.10. The highest BCUT2D eigenvalue weighted by Crippen LogP contribution is 2.29. The van der Waals surface area contributed by atoms with E-state index in [1.807, 2.05) is 13.8 Å². The summed E-state index contributed by atoms with van der Waals surface area (Å²) in [5, 5.41) is 3.99. The van der Waals surface area contributed by atoms with Gasteiger partial charge in [-0.2, -0.15) is 0 Å². The van der Waals surface area contributed by atoms with Crippen molar-refractivity contribution in [1.29, 1.82) is 0 Å². The molecule has 0 atom stereocenters. The molecule has 21 heavy (non-hydrogen) atoms. The average Bonchev–Trinajstić information content (AvgIpc) is 2.86. The average molecular weight is 322 g/mol. The predicted molar refractivity (Wildman–Crippen MR) is 85.4 cm³/mol. The molecular formula is C15H13Cl2N3O. The van der Waals surface area contributed by atoms with Crippen LogP contribution in [0.5, 0.6) is 0 Å². The van der Waals surface area contributed by atoms with Gasteiger partial charge in [0.15, 0.2) is 5.65 Å². The summed E-state index contributed by atoms with van der Waals surface area (Å²) in [6.07, 6.45) is 1.80. The first-order valence-electron chi connectivity index (χ1n) is 6.54. The van der Waals surface area contributed by atoms with E-state index in [2.05, 4.69) is 10.1 Å². The molecule has 4 nitrogen and oxygen atoms in total. The summed E-state index contributed by atoms with van der Waals surface area (Å²) in [7, 11) is 0. The Kier molecular flexibility index (Phi) is 3.51. The quantitative estimate of drug-likeness (QED) is 0.771. The Hall–Kier alpha value is -1.78. The van der Waals surface area contributed by atoms with Crippen molar-refractivity contribution in [1.82, 2.24) is 14.6 Å². The highest BCUT2D eigenvalue weighted by molar-refractivity contribution is 6.35. The molecule has 0 aliphatic rings. The summed E-state index contributed by atoms with van der Waals surface area (Å²) in [5.74, 6) is 0.253. The maximum Gasteiger partial charge on any atom is 0.273 e. The van der Waals surface area contributed by atoms with Gasteiger partial charge in [0.05, 0.1) is 10.7 Å². The largest absolute Gasteiger partial charge is 0.297 e. The Morgan fingerprint density at radius 1 is 1.24 bits per heavy atom. The van der Waals surface area contributed by atoms with Gasteiger partial charge in [0.25, 0.3) is 5.56 Å². The zero-order chi connectivity index (χ0) is 15.1. The van der Waals surface area contributed by atoms with E-state index in [-0.39, 0.29) is 11.5 Å². The van der Waals surface area contributed by atoms with Crippen LogP contribution in [0, 0.1) is 0 Å². The van der Waals surface area contributed by atoms with Crippen LogP contribution in [-0.2, 0) is 0 Å². The molecule has 0 amide bonds. The van der Waals surface area contributed by atoms with E-state index in [0.29, 0.717) is 26.9 Å². The highest BCUT2D eigenvalue weighted by Gasteiger charge is 2.14. The zero-order valence-electron chi connectivity index (χ0n) is 11.5. The molecule has 2 aromatic heterocycles. The third-order valence-corrected chi connectivity index (χ3v) is 3.92. The number of nitrogens with zero attached hydrogens (tertiary/aromatic N) is 2. The van der Waals surface area contributed by atoms with Crippen LogP contribution in [0.3, 0.4) is 0 Å². The number of aromatic amines is 1. The molecule has 0 radical (unpaired) electrons. The Morgan fingerprint density at radius 3 is 2.71 bits per heavy atom. The van der Waals surface area contributed by atoms with Crippen LogP contribution in [-0.4, -0.2) is 14.6 Å². The molecule has 0 saturated carbocycles. The number of aromatic nitrogens is 3. The molecule has 3 rings (SSSR count). The number of hydrogen-bond donors (Lipinski definition) is 1. The van der Waals surface area contributed by atoms with Crippen LogP contribution in [0.15, 0.2) is 35.3 Å². The molecule has 108 valence electrons. The standard InChI is InChI=1S/C15H13Cl2N3O/c1-8(2)11-7-18-20-14(21)6-13(19-15(11)20)10-5-9(16)3-4-12(10)17/h3-8,18H,1-2H3. The van der Waals surface area contributed by atoms with E-state index >= 15 is 0 Å². The Labute approximate surface area is 131 Å². The van der Waals surface area contributed by atoms with Crippen molar-refractivity contribution in [3.05, 3.63) is 56.4 Å². The fourth-order valence-corrected chi connectivity index (χ4v) is 2.64. The fourth-order valence-electron chi connectivity index (χ4n) is 2.26. The molecule has 1 aromatic carbocycles.